The predicted octanol–water partition coefficient (Wildman–Crippen LogP) is 7.93. The van der Waals surface area contributed by atoms with Crippen molar-refractivity contribution in [2.75, 3.05) is 11.9 Å². The molecule has 2 amide bonds. The van der Waals surface area contributed by atoms with Crippen molar-refractivity contribution < 1.29 is 19.5 Å². The SMILES string of the molecule is CCCCN(Cc1ccccc1)C(=O)c1ccc(NC(=O)c2ccc(-c3nc4cc(Cl)c(Cl)cc4[nH]3)cc2)c(C(=O)O)c1. The third kappa shape index (κ3) is 6.88. The molecule has 10 heteroatoms. The van der Waals surface area contributed by atoms with Crippen molar-refractivity contribution in [1.29, 1.82) is 0 Å². The number of fused-ring (bicyclic) bond motifs is 1. The molecule has 5 rings (SSSR count). The summed E-state index contributed by atoms with van der Waals surface area (Å²) in [5, 5.41) is 13.4. The molecule has 43 heavy (non-hydrogen) atoms. The highest BCUT2D eigenvalue weighted by molar-refractivity contribution is 6.42. The maximum absolute atomic E-state index is 13.4. The third-order valence-corrected chi connectivity index (χ3v) is 7.70. The number of hydrogen-bond donors (Lipinski definition) is 3. The lowest BCUT2D eigenvalue weighted by Gasteiger charge is -2.23. The molecule has 1 aromatic heterocycles. The number of nitrogens with one attached hydrogen (secondary N) is 2. The first-order valence-electron chi connectivity index (χ1n) is 13.7. The van der Waals surface area contributed by atoms with E-state index in [9.17, 15) is 19.5 Å². The number of aromatic carboxylic acids is 1. The normalized spacial score (nSPS) is 11.0. The van der Waals surface area contributed by atoms with Crippen molar-refractivity contribution in [2.45, 2.75) is 26.3 Å². The van der Waals surface area contributed by atoms with Gasteiger partial charge in [-0.25, -0.2) is 9.78 Å². The highest BCUT2D eigenvalue weighted by Crippen LogP contribution is 2.29. The number of carbonyl (C=O) groups is 3. The summed E-state index contributed by atoms with van der Waals surface area (Å²) in [4.78, 5) is 48.1. The van der Waals surface area contributed by atoms with E-state index < -0.39 is 11.9 Å². The molecule has 0 saturated heterocycles. The number of carboxylic acids is 1. The molecule has 0 fully saturated rings. The van der Waals surface area contributed by atoms with Crippen LogP contribution in [-0.4, -0.2) is 44.3 Å². The number of aromatic nitrogens is 2. The summed E-state index contributed by atoms with van der Waals surface area (Å²) < 4.78 is 0. The van der Waals surface area contributed by atoms with E-state index in [1.165, 1.54) is 18.2 Å². The van der Waals surface area contributed by atoms with Crippen LogP contribution in [0.5, 0.6) is 0 Å². The lowest BCUT2D eigenvalue weighted by molar-refractivity contribution is 0.0698. The molecular weight excluding hydrogens is 587 g/mol. The number of imidazole rings is 1. The maximum Gasteiger partial charge on any atom is 0.337 e. The van der Waals surface area contributed by atoms with Gasteiger partial charge in [-0.3, -0.25) is 9.59 Å². The molecule has 0 aliphatic rings. The van der Waals surface area contributed by atoms with Gasteiger partial charge in [-0.2, -0.15) is 0 Å². The monoisotopic (exact) mass is 614 g/mol. The predicted molar refractivity (Wildman–Crippen MR) is 169 cm³/mol. The number of hydrogen-bond acceptors (Lipinski definition) is 4. The minimum absolute atomic E-state index is 0.0901. The molecule has 218 valence electrons. The van der Waals surface area contributed by atoms with Gasteiger partial charge in [-0.1, -0.05) is 79.0 Å². The number of unbranched alkanes of at least 4 members (excludes halogenated alkanes) is 1. The van der Waals surface area contributed by atoms with E-state index in [0.717, 1.165) is 29.5 Å². The maximum atomic E-state index is 13.4. The van der Waals surface area contributed by atoms with E-state index in [0.29, 0.717) is 40.0 Å². The minimum atomic E-state index is -1.26. The third-order valence-electron chi connectivity index (χ3n) is 6.97. The van der Waals surface area contributed by atoms with Gasteiger partial charge < -0.3 is 20.3 Å². The Balaban J connectivity index is 1.33. The lowest BCUT2D eigenvalue weighted by atomic mass is 10.1. The molecule has 0 spiro atoms. The number of anilines is 1. The Morgan fingerprint density at radius 1 is 0.907 bits per heavy atom. The van der Waals surface area contributed by atoms with Gasteiger partial charge in [0.15, 0.2) is 0 Å². The first-order chi connectivity index (χ1) is 20.7. The number of carbonyl (C=O) groups excluding carboxylic acids is 2. The van der Waals surface area contributed by atoms with E-state index in [-0.39, 0.29) is 22.7 Å². The zero-order valence-electron chi connectivity index (χ0n) is 23.2. The molecule has 0 radical (unpaired) electrons. The van der Waals surface area contributed by atoms with Crippen molar-refractivity contribution in [1.82, 2.24) is 14.9 Å². The number of H-pyrrole nitrogens is 1. The van der Waals surface area contributed by atoms with Crippen molar-refractivity contribution in [2.24, 2.45) is 0 Å². The van der Waals surface area contributed by atoms with E-state index in [2.05, 4.69) is 15.3 Å². The van der Waals surface area contributed by atoms with Gasteiger partial charge in [0.25, 0.3) is 11.8 Å². The smallest absolute Gasteiger partial charge is 0.337 e. The number of aromatic amines is 1. The molecule has 0 atom stereocenters. The van der Waals surface area contributed by atoms with Gasteiger partial charge in [0.05, 0.1) is 32.3 Å². The summed E-state index contributed by atoms with van der Waals surface area (Å²) in [6.07, 6.45) is 1.73. The lowest BCUT2D eigenvalue weighted by Crippen LogP contribution is -2.31. The van der Waals surface area contributed by atoms with Crippen molar-refractivity contribution in [3.63, 3.8) is 0 Å². The fraction of sp³-hybridized carbons (Fsp3) is 0.152. The summed E-state index contributed by atoms with van der Waals surface area (Å²) >= 11 is 12.2. The van der Waals surface area contributed by atoms with Gasteiger partial charge in [0, 0.05) is 29.8 Å². The molecule has 0 saturated carbocycles. The standard InChI is InChI=1S/C33H28Cl2N4O4/c1-2-3-15-39(19-20-7-5-4-6-8-20)32(41)23-13-14-27(24(16-23)33(42)43)38-31(40)22-11-9-21(10-12-22)30-36-28-17-25(34)26(35)18-29(28)37-30/h4-14,16-18H,2-3,15,19H2,1H3,(H,36,37)(H,38,40)(H,42,43). The highest BCUT2D eigenvalue weighted by atomic mass is 35.5. The molecule has 0 aliphatic heterocycles. The number of amides is 2. The second-order valence-electron chi connectivity index (χ2n) is 10.0. The number of carboxylic acid groups (broad SMARTS) is 1. The zero-order valence-corrected chi connectivity index (χ0v) is 24.7. The number of halogens is 2. The fourth-order valence-electron chi connectivity index (χ4n) is 4.67. The Labute approximate surface area is 258 Å². The van der Waals surface area contributed by atoms with E-state index >= 15 is 0 Å². The number of benzene rings is 4. The Morgan fingerprint density at radius 3 is 2.30 bits per heavy atom. The van der Waals surface area contributed by atoms with Crippen LogP contribution in [-0.2, 0) is 6.54 Å². The quantitative estimate of drug-likeness (QED) is 0.148. The van der Waals surface area contributed by atoms with Crippen LogP contribution in [0.15, 0.2) is 84.9 Å². The minimum Gasteiger partial charge on any atom is -0.478 e. The fourth-order valence-corrected chi connectivity index (χ4v) is 4.99. The van der Waals surface area contributed by atoms with E-state index in [4.69, 9.17) is 23.2 Å². The van der Waals surface area contributed by atoms with Crippen LogP contribution >= 0.6 is 23.2 Å². The molecule has 0 bridgehead atoms. The second-order valence-corrected chi connectivity index (χ2v) is 10.8. The first-order valence-corrected chi connectivity index (χ1v) is 14.5. The molecule has 8 nitrogen and oxygen atoms in total. The molecule has 1 heterocycles. The van der Waals surface area contributed by atoms with Crippen LogP contribution in [0, 0.1) is 0 Å². The van der Waals surface area contributed by atoms with Crippen LogP contribution in [0.4, 0.5) is 5.69 Å². The van der Waals surface area contributed by atoms with Crippen LogP contribution in [0.3, 0.4) is 0 Å². The van der Waals surface area contributed by atoms with E-state index in [1.54, 1.807) is 41.3 Å². The molecule has 3 N–H and O–H groups in total. The Kier molecular flexibility index (Phi) is 9.09. The average Bonchev–Trinajstić information content (AvgIpc) is 3.42. The van der Waals surface area contributed by atoms with Crippen LogP contribution in [0.1, 0.15) is 56.4 Å². The van der Waals surface area contributed by atoms with E-state index in [1.807, 2.05) is 37.3 Å². The molecule has 0 unspecified atom stereocenters. The number of rotatable bonds is 10. The van der Waals surface area contributed by atoms with Gasteiger partial charge in [0.1, 0.15) is 5.82 Å². The number of nitrogens with zero attached hydrogens (tertiary/aromatic N) is 2. The summed E-state index contributed by atoms with van der Waals surface area (Å²) in [5.74, 6) is -1.45. The zero-order chi connectivity index (χ0) is 30.5. The molecule has 4 aromatic carbocycles. The second kappa shape index (κ2) is 13.1. The van der Waals surface area contributed by atoms with Crippen LogP contribution in [0.25, 0.3) is 22.4 Å². The van der Waals surface area contributed by atoms with Gasteiger partial charge in [-0.15, -0.1) is 0 Å². The summed E-state index contributed by atoms with van der Waals surface area (Å²) in [6, 6.07) is 24.0. The summed E-state index contributed by atoms with van der Waals surface area (Å²) in [6.45, 7) is 2.99. The first kappa shape index (κ1) is 29.8. The van der Waals surface area contributed by atoms with Gasteiger partial charge in [0.2, 0.25) is 0 Å². The molecule has 5 aromatic rings. The largest absolute Gasteiger partial charge is 0.478 e. The average molecular weight is 616 g/mol. The molecule has 0 aliphatic carbocycles. The van der Waals surface area contributed by atoms with Gasteiger partial charge in [-0.05, 0) is 54.4 Å². The summed E-state index contributed by atoms with van der Waals surface area (Å²) in [7, 11) is 0. The van der Waals surface area contributed by atoms with Crippen molar-refractivity contribution in [3.8, 4) is 11.4 Å². The Bertz CT molecular complexity index is 1760. The Hall–Kier alpha value is -4.66. The van der Waals surface area contributed by atoms with Crippen molar-refractivity contribution in [3.05, 3.63) is 117 Å². The van der Waals surface area contributed by atoms with Crippen LogP contribution in [0.2, 0.25) is 10.0 Å². The van der Waals surface area contributed by atoms with Crippen molar-refractivity contribution >= 4 is 57.7 Å². The summed E-state index contributed by atoms with van der Waals surface area (Å²) in [5.41, 5.74) is 3.56. The topological polar surface area (TPSA) is 115 Å². The van der Waals surface area contributed by atoms with Crippen LogP contribution < -0.4 is 5.32 Å². The molecular formula is C33H28Cl2N4O4. The van der Waals surface area contributed by atoms with Gasteiger partial charge >= 0.3 is 5.97 Å². The Morgan fingerprint density at radius 2 is 1.60 bits per heavy atom. The highest BCUT2D eigenvalue weighted by Gasteiger charge is 2.21.